The van der Waals surface area contributed by atoms with Gasteiger partial charge in [0.05, 0.1) is 5.41 Å². The number of aryl methyl sites for hydroxylation is 2. The Labute approximate surface area is 144 Å². The molecule has 4 nitrogen and oxygen atoms in total. The van der Waals surface area contributed by atoms with Crippen LogP contribution in [0.1, 0.15) is 30.4 Å². The van der Waals surface area contributed by atoms with E-state index in [1.165, 1.54) is 5.56 Å². The first-order chi connectivity index (χ1) is 10.5. The van der Waals surface area contributed by atoms with Gasteiger partial charge in [0.2, 0.25) is 0 Å². The zero-order chi connectivity index (χ0) is 15.7. The maximum Gasteiger partial charge on any atom is 0.311 e. The molecule has 1 saturated heterocycles. The van der Waals surface area contributed by atoms with Crippen molar-refractivity contribution < 1.29 is 14.6 Å². The number of hydrogen-bond donors (Lipinski definition) is 1. The van der Waals surface area contributed by atoms with Crippen LogP contribution in [0.15, 0.2) is 18.2 Å². The Kier molecular flexibility index (Phi) is 5.58. The van der Waals surface area contributed by atoms with Gasteiger partial charge >= 0.3 is 5.97 Å². The number of aliphatic carboxylic acids is 1. The minimum absolute atomic E-state index is 0. The summed E-state index contributed by atoms with van der Waals surface area (Å²) in [5.41, 5.74) is 1.85. The first-order valence-electron chi connectivity index (χ1n) is 8.17. The molecular formula is C18H26ClNO3. The molecule has 1 aromatic rings. The lowest BCUT2D eigenvalue weighted by molar-refractivity contribution is -0.149. The number of nitrogens with zero attached hydrogens (tertiary/aromatic N) is 1. The number of carbonyl (C=O) groups is 1. The lowest BCUT2D eigenvalue weighted by atomic mass is 9.81. The Hall–Kier alpha value is -1.26. The van der Waals surface area contributed by atoms with Gasteiger partial charge in [-0.25, -0.2) is 0 Å². The topological polar surface area (TPSA) is 49.8 Å². The number of carboxylic acids is 1. The number of fused-ring (bicyclic) bond motifs is 1. The van der Waals surface area contributed by atoms with Gasteiger partial charge in [-0.15, -0.1) is 12.4 Å². The van der Waals surface area contributed by atoms with E-state index >= 15 is 0 Å². The summed E-state index contributed by atoms with van der Waals surface area (Å²) < 4.78 is 5.91. The molecule has 0 radical (unpaired) electrons. The zero-order valence-corrected chi connectivity index (χ0v) is 14.7. The molecular weight excluding hydrogens is 314 g/mol. The van der Waals surface area contributed by atoms with E-state index in [2.05, 4.69) is 36.9 Å². The molecule has 0 bridgehead atoms. The highest BCUT2D eigenvalue weighted by atomic mass is 35.5. The van der Waals surface area contributed by atoms with Crippen molar-refractivity contribution in [3.8, 4) is 5.75 Å². The molecule has 128 valence electrons. The van der Waals surface area contributed by atoms with Crippen molar-refractivity contribution in [2.45, 2.75) is 33.1 Å². The van der Waals surface area contributed by atoms with Crippen LogP contribution in [0, 0.1) is 25.2 Å². The minimum Gasteiger partial charge on any atom is -0.492 e. The van der Waals surface area contributed by atoms with Crippen LogP contribution in [-0.4, -0.2) is 42.2 Å². The van der Waals surface area contributed by atoms with Crippen molar-refractivity contribution in [3.05, 3.63) is 29.3 Å². The van der Waals surface area contributed by atoms with Crippen molar-refractivity contribution in [1.82, 2.24) is 4.90 Å². The molecule has 1 aliphatic heterocycles. The summed E-state index contributed by atoms with van der Waals surface area (Å²) in [7, 11) is 0. The second-order valence-electron chi connectivity index (χ2n) is 6.90. The molecule has 1 saturated carbocycles. The third-order valence-corrected chi connectivity index (χ3v) is 5.38. The molecule has 2 atom stereocenters. The number of benzene rings is 1. The average Bonchev–Trinajstić information content (AvgIpc) is 3.00. The number of rotatable bonds is 5. The van der Waals surface area contributed by atoms with Crippen LogP contribution >= 0.6 is 12.4 Å². The van der Waals surface area contributed by atoms with Crippen LogP contribution in [0.25, 0.3) is 0 Å². The predicted octanol–water partition coefficient (Wildman–Crippen LogP) is 3.29. The fourth-order valence-corrected chi connectivity index (χ4v) is 4.06. The fraction of sp³-hybridized carbons (Fsp3) is 0.611. The van der Waals surface area contributed by atoms with Crippen LogP contribution in [-0.2, 0) is 4.79 Å². The summed E-state index contributed by atoms with van der Waals surface area (Å²) >= 11 is 0. The molecule has 0 spiro atoms. The summed E-state index contributed by atoms with van der Waals surface area (Å²) in [6.45, 7) is 7.12. The highest BCUT2D eigenvalue weighted by molar-refractivity contribution is 5.85. The van der Waals surface area contributed by atoms with E-state index in [9.17, 15) is 9.90 Å². The summed E-state index contributed by atoms with van der Waals surface area (Å²) in [4.78, 5) is 13.9. The van der Waals surface area contributed by atoms with Gasteiger partial charge in [-0.3, -0.25) is 9.69 Å². The second kappa shape index (κ2) is 7.10. The Bertz CT molecular complexity index is 577. The smallest absolute Gasteiger partial charge is 0.311 e. The molecule has 2 aliphatic rings. The quantitative estimate of drug-likeness (QED) is 0.894. The minimum atomic E-state index is -0.604. The summed E-state index contributed by atoms with van der Waals surface area (Å²) in [6.07, 6.45) is 2.95. The van der Waals surface area contributed by atoms with Gasteiger partial charge in [-0.1, -0.05) is 18.6 Å². The van der Waals surface area contributed by atoms with E-state index in [0.717, 1.165) is 43.7 Å². The van der Waals surface area contributed by atoms with Crippen molar-refractivity contribution >= 4 is 18.4 Å². The molecule has 0 aromatic heterocycles. The van der Waals surface area contributed by atoms with E-state index in [-0.39, 0.29) is 12.4 Å². The first-order valence-corrected chi connectivity index (χ1v) is 8.17. The van der Waals surface area contributed by atoms with Crippen LogP contribution in [0.3, 0.4) is 0 Å². The average molecular weight is 340 g/mol. The standard InChI is InChI=1S/C18H25NO3.ClH/c1-13-5-6-14(2)16(10-13)22-9-8-19-11-15-4-3-7-18(15,12-19)17(20)21;/h5-6,10,15H,3-4,7-9,11-12H2,1-2H3,(H,20,21);1H/t15-,18+;/m0./s1. The van der Waals surface area contributed by atoms with Crippen molar-refractivity contribution in [2.75, 3.05) is 26.2 Å². The molecule has 1 heterocycles. The van der Waals surface area contributed by atoms with Crippen molar-refractivity contribution in [3.63, 3.8) is 0 Å². The highest BCUT2D eigenvalue weighted by Gasteiger charge is 2.54. The third-order valence-electron chi connectivity index (χ3n) is 5.38. The maximum atomic E-state index is 11.7. The number of hydrogen-bond acceptors (Lipinski definition) is 3. The van der Waals surface area contributed by atoms with Crippen molar-refractivity contribution in [1.29, 1.82) is 0 Å². The summed E-state index contributed by atoms with van der Waals surface area (Å²) in [5, 5.41) is 9.60. The third kappa shape index (κ3) is 3.48. The van der Waals surface area contributed by atoms with Crippen LogP contribution in [0.5, 0.6) is 5.75 Å². The van der Waals surface area contributed by atoms with E-state index in [1.54, 1.807) is 0 Å². The first kappa shape index (κ1) is 18.1. The molecule has 1 aromatic carbocycles. The number of ether oxygens (including phenoxy) is 1. The maximum absolute atomic E-state index is 11.7. The molecule has 1 aliphatic carbocycles. The zero-order valence-electron chi connectivity index (χ0n) is 13.9. The van der Waals surface area contributed by atoms with Gasteiger partial charge in [0, 0.05) is 19.6 Å². The fourth-order valence-electron chi connectivity index (χ4n) is 4.06. The van der Waals surface area contributed by atoms with Gasteiger partial charge in [-0.05, 0) is 49.8 Å². The van der Waals surface area contributed by atoms with Crippen molar-refractivity contribution in [2.24, 2.45) is 11.3 Å². The van der Waals surface area contributed by atoms with Gasteiger partial charge < -0.3 is 9.84 Å². The summed E-state index contributed by atoms with van der Waals surface area (Å²) in [5.74, 6) is 0.658. The molecule has 0 unspecified atom stereocenters. The summed E-state index contributed by atoms with van der Waals surface area (Å²) in [6, 6.07) is 6.22. The largest absolute Gasteiger partial charge is 0.492 e. The Balaban J connectivity index is 0.00000192. The van der Waals surface area contributed by atoms with E-state index in [1.807, 2.05) is 0 Å². The molecule has 2 fully saturated rings. The monoisotopic (exact) mass is 339 g/mol. The SMILES string of the molecule is Cc1ccc(C)c(OCCN2C[C@@H]3CCC[C@@]3(C(=O)O)C2)c1.Cl. The van der Waals surface area contributed by atoms with Gasteiger partial charge in [0.15, 0.2) is 0 Å². The second-order valence-corrected chi connectivity index (χ2v) is 6.90. The molecule has 1 N–H and O–H groups in total. The lowest BCUT2D eigenvalue weighted by Gasteiger charge is -2.23. The Morgan fingerprint density at radius 3 is 2.91 bits per heavy atom. The Morgan fingerprint density at radius 2 is 2.22 bits per heavy atom. The molecule has 0 amide bonds. The number of halogens is 1. The van der Waals surface area contributed by atoms with Gasteiger partial charge in [0.25, 0.3) is 0 Å². The lowest BCUT2D eigenvalue weighted by Crippen LogP contribution is -2.36. The molecule has 3 rings (SSSR count). The van der Waals surface area contributed by atoms with Crippen LogP contribution < -0.4 is 4.74 Å². The van der Waals surface area contributed by atoms with E-state index in [0.29, 0.717) is 19.1 Å². The normalized spacial score (nSPS) is 26.6. The Morgan fingerprint density at radius 1 is 1.43 bits per heavy atom. The molecule has 5 heteroatoms. The predicted molar refractivity (Wildman–Crippen MR) is 92.5 cm³/mol. The number of likely N-dealkylation sites (tertiary alicyclic amines) is 1. The van der Waals surface area contributed by atoms with E-state index in [4.69, 9.17) is 4.74 Å². The van der Waals surface area contributed by atoms with Crippen LogP contribution in [0.4, 0.5) is 0 Å². The van der Waals surface area contributed by atoms with Crippen LogP contribution in [0.2, 0.25) is 0 Å². The highest BCUT2D eigenvalue weighted by Crippen LogP contribution is 2.48. The van der Waals surface area contributed by atoms with Gasteiger partial charge in [0.1, 0.15) is 12.4 Å². The molecule has 23 heavy (non-hydrogen) atoms. The number of carboxylic acid groups (broad SMARTS) is 1. The van der Waals surface area contributed by atoms with Gasteiger partial charge in [-0.2, -0.15) is 0 Å². The van der Waals surface area contributed by atoms with E-state index < -0.39 is 11.4 Å².